The first-order valence-corrected chi connectivity index (χ1v) is 15.3. The van der Waals surface area contributed by atoms with Gasteiger partial charge in [-0.1, -0.05) is 0 Å². The van der Waals surface area contributed by atoms with Crippen LogP contribution in [0.3, 0.4) is 0 Å². The zero-order valence-corrected chi connectivity index (χ0v) is 26.0. The standard InChI is InChI=1S/C32H41N5O4S/c1-6-37-27-9-8-26(21-28(27)35(5)30(39)32(2,3)31(37)40)41-18-7-15-36(22-24-10-13-33-14-11-24)17-16-34(4)29(38)20-25-12-19-42-23-25/h8-14,19,21,23H,6-7,15-18,20,22H2,1-5H3. The Morgan fingerprint density at radius 2 is 1.76 bits per heavy atom. The van der Waals surface area contributed by atoms with Crippen molar-refractivity contribution < 1.29 is 19.1 Å². The van der Waals surface area contributed by atoms with E-state index in [-0.39, 0.29) is 17.7 Å². The van der Waals surface area contributed by atoms with Crippen molar-refractivity contribution in [2.45, 2.75) is 40.2 Å². The molecule has 3 amide bonds. The smallest absolute Gasteiger partial charge is 0.242 e. The number of thiophene rings is 1. The lowest BCUT2D eigenvalue weighted by molar-refractivity contribution is -0.137. The molecule has 0 bridgehead atoms. The third kappa shape index (κ3) is 7.35. The summed E-state index contributed by atoms with van der Waals surface area (Å²) in [6.45, 7) is 9.11. The Hall–Kier alpha value is -3.76. The van der Waals surface area contributed by atoms with Crippen LogP contribution in [0, 0.1) is 5.41 Å². The highest BCUT2D eigenvalue weighted by Crippen LogP contribution is 2.40. The Bertz CT molecular complexity index is 1360. The fourth-order valence-electron chi connectivity index (χ4n) is 5.08. The van der Waals surface area contributed by atoms with Gasteiger partial charge >= 0.3 is 0 Å². The molecule has 0 fully saturated rings. The van der Waals surface area contributed by atoms with E-state index in [0.29, 0.717) is 43.2 Å². The number of nitrogens with zero attached hydrogens (tertiary/aromatic N) is 5. The summed E-state index contributed by atoms with van der Waals surface area (Å²) in [5.74, 6) is 0.310. The van der Waals surface area contributed by atoms with E-state index in [1.165, 1.54) is 0 Å². The van der Waals surface area contributed by atoms with Gasteiger partial charge in [0, 0.05) is 65.3 Å². The second-order valence-electron chi connectivity index (χ2n) is 11.1. The minimum Gasteiger partial charge on any atom is -0.493 e. The molecule has 42 heavy (non-hydrogen) atoms. The van der Waals surface area contributed by atoms with Gasteiger partial charge in [-0.3, -0.25) is 24.3 Å². The quantitative estimate of drug-likeness (QED) is 0.215. The van der Waals surface area contributed by atoms with Crippen molar-refractivity contribution >= 4 is 40.4 Å². The van der Waals surface area contributed by atoms with Gasteiger partial charge in [0.25, 0.3) is 0 Å². The molecule has 10 heteroatoms. The first-order chi connectivity index (χ1) is 20.1. The summed E-state index contributed by atoms with van der Waals surface area (Å²) >= 11 is 1.60. The minimum atomic E-state index is -1.15. The van der Waals surface area contributed by atoms with Crippen molar-refractivity contribution in [2.24, 2.45) is 5.41 Å². The van der Waals surface area contributed by atoms with Gasteiger partial charge in [0.05, 0.1) is 24.4 Å². The maximum Gasteiger partial charge on any atom is 0.242 e. The van der Waals surface area contributed by atoms with E-state index in [2.05, 4.69) is 9.88 Å². The van der Waals surface area contributed by atoms with Crippen LogP contribution >= 0.6 is 11.3 Å². The van der Waals surface area contributed by atoms with Gasteiger partial charge in [-0.25, -0.2) is 0 Å². The monoisotopic (exact) mass is 591 g/mol. The number of pyridine rings is 1. The zero-order chi connectivity index (χ0) is 30.3. The molecule has 9 nitrogen and oxygen atoms in total. The molecule has 1 aromatic carbocycles. The van der Waals surface area contributed by atoms with E-state index in [9.17, 15) is 14.4 Å². The number of aromatic nitrogens is 1. The van der Waals surface area contributed by atoms with Crippen molar-refractivity contribution in [3.63, 3.8) is 0 Å². The number of ether oxygens (including phenoxy) is 1. The highest BCUT2D eigenvalue weighted by molar-refractivity contribution is 7.08. The highest BCUT2D eigenvalue weighted by atomic mass is 32.1. The van der Waals surface area contributed by atoms with Gasteiger partial charge in [0.1, 0.15) is 11.2 Å². The number of rotatable bonds is 13. The predicted octanol–water partition coefficient (Wildman–Crippen LogP) is 4.47. The fourth-order valence-corrected chi connectivity index (χ4v) is 5.75. The zero-order valence-electron chi connectivity index (χ0n) is 25.2. The molecule has 0 aliphatic carbocycles. The van der Waals surface area contributed by atoms with Crippen LogP contribution in [-0.4, -0.2) is 79.4 Å². The summed E-state index contributed by atoms with van der Waals surface area (Å²) in [5, 5.41) is 4.01. The number of carbonyl (C=O) groups excluding carboxylic acids is 3. The third-order valence-corrected chi connectivity index (χ3v) is 8.42. The summed E-state index contributed by atoms with van der Waals surface area (Å²) in [4.78, 5) is 50.4. The highest BCUT2D eigenvalue weighted by Gasteiger charge is 2.45. The molecule has 0 radical (unpaired) electrons. The van der Waals surface area contributed by atoms with E-state index < -0.39 is 5.41 Å². The number of amides is 3. The molecule has 3 aromatic rings. The summed E-state index contributed by atoms with van der Waals surface area (Å²) in [6.07, 6.45) is 4.78. The second-order valence-corrected chi connectivity index (χ2v) is 11.9. The van der Waals surface area contributed by atoms with Crippen LogP contribution in [0.4, 0.5) is 11.4 Å². The van der Waals surface area contributed by atoms with Gasteiger partial charge in [0.2, 0.25) is 17.7 Å². The van der Waals surface area contributed by atoms with Crippen LogP contribution in [0.5, 0.6) is 5.75 Å². The molecule has 2 aromatic heterocycles. The average Bonchev–Trinajstić information content (AvgIpc) is 3.49. The van der Waals surface area contributed by atoms with E-state index in [0.717, 1.165) is 37.2 Å². The van der Waals surface area contributed by atoms with Gasteiger partial charge in [-0.15, -0.1) is 0 Å². The molecule has 4 rings (SSSR count). The van der Waals surface area contributed by atoms with E-state index in [4.69, 9.17) is 4.74 Å². The topological polar surface area (TPSA) is 86.3 Å². The Morgan fingerprint density at radius 3 is 2.45 bits per heavy atom. The van der Waals surface area contributed by atoms with Crippen LogP contribution in [0.25, 0.3) is 0 Å². The largest absolute Gasteiger partial charge is 0.493 e. The van der Waals surface area contributed by atoms with Gasteiger partial charge in [-0.05, 0) is 79.4 Å². The molecular weight excluding hydrogens is 550 g/mol. The SMILES string of the molecule is CCN1C(=O)C(C)(C)C(=O)N(C)c2cc(OCCCN(CCN(C)C(=O)Cc3ccsc3)Cc3ccncc3)ccc21. The number of anilines is 2. The Balaban J connectivity index is 1.36. The first-order valence-electron chi connectivity index (χ1n) is 14.3. The Morgan fingerprint density at radius 1 is 1.00 bits per heavy atom. The van der Waals surface area contributed by atoms with Crippen molar-refractivity contribution in [1.29, 1.82) is 0 Å². The van der Waals surface area contributed by atoms with E-state index in [1.807, 2.05) is 61.1 Å². The fraction of sp³-hybridized carbons (Fsp3) is 0.438. The normalized spacial score (nSPS) is 14.6. The van der Waals surface area contributed by atoms with Crippen LogP contribution in [0.15, 0.2) is 59.6 Å². The Kier molecular flexibility index (Phi) is 10.3. The van der Waals surface area contributed by atoms with Gasteiger partial charge < -0.3 is 19.4 Å². The van der Waals surface area contributed by atoms with Crippen LogP contribution < -0.4 is 14.5 Å². The lowest BCUT2D eigenvalue weighted by Gasteiger charge is -2.27. The number of hydrogen-bond acceptors (Lipinski definition) is 7. The van der Waals surface area contributed by atoms with Crippen LogP contribution in [-0.2, 0) is 27.3 Å². The van der Waals surface area contributed by atoms with Gasteiger partial charge in [0.15, 0.2) is 0 Å². The molecule has 1 aliphatic rings. The van der Waals surface area contributed by atoms with Crippen molar-refractivity contribution in [2.75, 3.05) is 56.7 Å². The molecule has 1 aliphatic heterocycles. The van der Waals surface area contributed by atoms with Crippen molar-refractivity contribution in [3.05, 3.63) is 70.7 Å². The summed E-state index contributed by atoms with van der Waals surface area (Å²) in [5.41, 5.74) is 2.43. The predicted molar refractivity (Wildman–Crippen MR) is 167 cm³/mol. The molecule has 0 saturated heterocycles. The minimum absolute atomic E-state index is 0.110. The molecule has 0 N–H and O–H groups in total. The summed E-state index contributed by atoms with van der Waals surface area (Å²) in [7, 11) is 3.56. The maximum absolute atomic E-state index is 13.1. The Labute approximate surface area is 252 Å². The second kappa shape index (κ2) is 13.9. The molecule has 224 valence electrons. The van der Waals surface area contributed by atoms with Crippen molar-refractivity contribution in [1.82, 2.24) is 14.8 Å². The van der Waals surface area contributed by atoms with Crippen molar-refractivity contribution in [3.8, 4) is 5.75 Å². The lowest BCUT2D eigenvalue weighted by atomic mass is 9.90. The molecule has 0 atom stereocenters. The molecule has 0 saturated carbocycles. The maximum atomic E-state index is 13.1. The third-order valence-electron chi connectivity index (χ3n) is 7.69. The average molecular weight is 592 g/mol. The van der Waals surface area contributed by atoms with Crippen LogP contribution in [0.1, 0.15) is 38.3 Å². The number of benzene rings is 1. The summed E-state index contributed by atoms with van der Waals surface area (Å²) in [6, 6.07) is 11.6. The lowest BCUT2D eigenvalue weighted by Crippen LogP contribution is -2.47. The number of fused-ring (bicyclic) bond motifs is 1. The molecule has 0 unspecified atom stereocenters. The number of hydrogen-bond donors (Lipinski definition) is 0. The molecule has 0 spiro atoms. The number of likely N-dealkylation sites (N-methyl/N-ethyl adjacent to an activating group) is 1. The van der Waals surface area contributed by atoms with E-state index in [1.54, 1.807) is 59.3 Å². The van der Waals surface area contributed by atoms with E-state index >= 15 is 0 Å². The summed E-state index contributed by atoms with van der Waals surface area (Å²) < 4.78 is 6.13. The van der Waals surface area contributed by atoms with Crippen LogP contribution in [0.2, 0.25) is 0 Å². The molecule has 3 heterocycles. The van der Waals surface area contributed by atoms with Gasteiger partial charge in [-0.2, -0.15) is 11.3 Å². The molecular formula is C32H41N5O4S. The number of carbonyl (C=O) groups is 3. The first kappa shape index (κ1) is 31.2.